The van der Waals surface area contributed by atoms with Crippen molar-refractivity contribution in [2.24, 2.45) is 5.73 Å². The van der Waals surface area contributed by atoms with Crippen LogP contribution < -0.4 is 15.8 Å². The van der Waals surface area contributed by atoms with Crippen molar-refractivity contribution < 1.29 is 9.53 Å². The van der Waals surface area contributed by atoms with Gasteiger partial charge in [0.2, 0.25) is 0 Å². The fourth-order valence-corrected chi connectivity index (χ4v) is 1.54. The highest BCUT2D eigenvalue weighted by atomic mass is 32.1. The molecule has 0 bridgehead atoms. The zero-order chi connectivity index (χ0) is 14.1. The molecule has 0 aliphatic carbocycles. The van der Waals surface area contributed by atoms with Crippen LogP contribution in [-0.2, 0) is 0 Å². The third-order valence-electron chi connectivity index (χ3n) is 2.54. The summed E-state index contributed by atoms with van der Waals surface area (Å²) >= 11 is 4.74. The molecular formula is C14H20N2O2S. The molecule has 0 radical (unpaired) electrons. The van der Waals surface area contributed by atoms with Crippen molar-refractivity contribution in [3.8, 4) is 5.75 Å². The molecule has 4 nitrogen and oxygen atoms in total. The highest BCUT2D eigenvalue weighted by molar-refractivity contribution is 7.80. The lowest BCUT2D eigenvalue weighted by molar-refractivity contribution is 0.0955. The maximum Gasteiger partial charge on any atom is 0.251 e. The molecule has 1 amide bonds. The number of carbonyl (C=O) groups excluding carboxylic acids is 1. The fraction of sp³-hybridized carbons (Fsp3) is 0.429. The van der Waals surface area contributed by atoms with E-state index in [2.05, 4.69) is 12.2 Å². The zero-order valence-electron chi connectivity index (χ0n) is 11.1. The van der Waals surface area contributed by atoms with E-state index in [0.29, 0.717) is 30.1 Å². The summed E-state index contributed by atoms with van der Waals surface area (Å²) in [5.74, 6) is 0.657. The second-order valence-corrected chi connectivity index (χ2v) is 4.72. The van der Waals surface area contributed by atoms with Crippen molar-refractivity contribution in [2.75, 3.05) is 13.2 Å². The van der Waals surface area contributed by atoms with Gasteiger partial charge in [-0.1, -0.05) is 25.6 Å². The van der Waals surface area contributed by atoms with Crippen LogP contribution in [0.3, 0.4) is 0 Å². The minimum Gasteiger partial charge on any atom is -0.494 e. The van der Waals surface area contributed by atoms with Crippen LogP contribution in [0.4, 0.5) is 0 Å². The Hall–Kier alpha value is -1.62. The summed E-state index contributed by atoms with van der Waals surface area (Å²) < 4.78 is 5.53. The third kappa shape index (κ3) is 6.20. The maximum atomic E-state index is 11.8. The Balaban J connectivity index is 2.41. The molecule has 0 aliphatic heterocycles. The SMILES string of the molecule is CCCCOc1ccc(C(=O)NCCC(N)=S)cc1. The minimum atomic E-state index is -0.128. The molecule has 0 atom stereocenters. The van der Waals surface area contributed by atoms with Gasteiger partial charge >= 0.3 is 0 Å². The van der Waals surface area contributed by atoms with E-state index in [9.17, 15) is 4.79 Å². The number of hydrogen-bond acceptors (Lipinski definition) is 3. The first-order valence-corrected chi connectivity index (χ1v) is 6.83. The summed E-state index contributed by atoms with van der Waals surface area (Å²) in [6.45, 7) is 3.28. The average Bonchev–Trinajstić information content (AvgIpc) is 2.39. The molecule has 1 aromatic carbocycles. The van der Waals surface area contributed by atoms with E-state index in [0.717, 1.165) is 18.6 Å². The molecule has 104 valence electrons. The van der Waals surface area contributed by atoms with Crippen LogP contribution in [0.15, 0.2) is 24.3 Å². The Morgan fingerprint density at radius 1 is 1.37 bits per heavy atom. The van der Waals surface area contributed by atoms with E-state index < -0.39 is 0 Å². The average molecular weight is 280 g/mol. The second-order valence-electron chi connectivity index (χ2n) is 4.20. The number of nitrogens with one attached hydrogen (secondary N) is 1. The van der Waals surface area contributed by atoms with Gasteiger partial charge < -0.3 is 15.8 Å². The molecule has 0 saturated carbocycles. The lowest BCUT2D eigenvalue weighted by Crippen LogP contribution is -2.27. The summed E-state index contributed by atoms with van der Waals surface area (Å²) in [4.78, 5) is 12.2. The summed E-state index contributed by atoms with van der Waals surface area (Å²) in [5, 5.41) is 2.75. The van der Waals surface area contributed by atoms with E-state index in [1.165, 1.54) is 0 Å². The molecule has 1 rings (SSSR count). The minimum absolute atomic E-state index is 0.128. The number of carbonyl (C=O) groups is 1. The summed E-state index contributed by atoms with van der Waals surface area (Å²) in [6, 6.07) is 7.10. The molecule has 5 heteroatoms. The van der Waals surface area contributed by atoms with E-state index in [1.807, 2.05) is 0 Å². The van der Waals surface area contributed by atoms with Crippen molar-refractivity contribution in [1.82, 2.24) is 5.32 Å². The molecule has 1 aromatic rings. The van der Waals surface area contributed by atoms with Crippen molar-refractivity contribution in [3.05, 3.63) is 29.8 Å². The van der Waals surface area contributed by atoms with Crippen molar-refractivity contribution in [3.63, 3.8) is 0 Å². The molecule has 0 aliphatic rings. The highest BCUT2D eigenvalue weighted by Crippen LogP contribution is 2.12. The van der Waals surface area contributed by atoms with Crippen LogP contribution in [0, 0.1) is 0 Å². The van der Waals surface area contributed by atoms with Crippen LogP contribution in [0.2, 0.25) is 0 Å². The summed E-state index contributed by atoms with van der Waals surface area (Å²) in [6.07, 6.45) is 2.64. The predicted octanol–water partition coefficient (Wildman–Crippen LogP) is 2.27. The van der Waals surface area contributed by atoms with Crippen molar-refractivity contribution in [1.29, 1.82) is 0 Å². The number of hydrogen-bond donors (Lipinski definition) is 2. The molecule has 0 unspecified atom stereocenters. The normalized spacial score (nSPS) is 9.95. The van der Waals surface area contributed by atoms with Crippen LogP contribution >= 0.6 is 12.2 Å². The first-order chi connectivity index (χ1) is 9.13. The fourth-order valence-electron chi connectivity index (χ4n) is 1.44. The number of benzene rings is 1. The smallest absolute Gasteiger partial charge is 0.251 e. The van der Waals surface area contributed by atoms with Gasteiger partial charge in [-0.25, -0.2) is 0 Å². The Morgan fingerprint density at radius 2 is 2.05 bits per heavy atom. The summed E-state index contributed by atoms with van der Waals surface area (Å²) in [5.41, 5.74) is 5.96. The monoisotopic (exact) mass is 280 g/mol. The number of amides is 1. The van der Waals surface area contributed by atoms with Gasteiger partial charge in [-0.05, 0) is 30.7 Å². The lowest BCUT2D eigenvalue weighted by atomic mass is 10.2. The molecule has 0 aromatic heterocycles. The van der Waals surface area contributed by atoms with E-state index in [-0.39, 0.29) is 5.91 Å². The third-order valence-corrected chi connectivity index (χ3v) is 2.74. The van der Waals surface area contributed by atoms with Crippen LogP contribution in [0.25, 0.3) is 0 Å². The topological polar surface area (TPSA) is 64.3 Å². The van der Waals surface area contributed by atoms with Gasteiger partial charge in [0.25, 0.3) is 5.91 Å². The Labute approximate surface area is 119 Å². The van der Waals surface area contributed by atoms with Crippen molar-refractivity contribution >= 4 is 23.1 Å². The van der Waals surface area contributed by atoms with E-state index in [1.54, 1.807) is 24.3 Å². The quantitative estimate of drug-likeness (QED) is 0.566. The summed E-state index contributed by atoms with van der Waals surface area (Å²) in [7, 11) is 0. The first-order valence-electron chi connectivity index (χ1n) is 6.43. The number of thiocarbonyl (C=S) groups is 1. The number of unbranched alkanes of at least 4 members (excludes halogenated alkanes) is 1. The van der Waals surface area contributed by atoms with Gasteiger partial charge in [-0.3, -0.25) is 4.79 Å². The van der Waals surface area contributed by atoms with Gasteiger partial charge in [-0.2, -0.15) is 0 Å². The van der Waals surface area contributed by atoms with E-state index >= 15 is 0 Å². The molecule has 0 saturated heterocycles. The molecule has 0 spiro atoms. The second kappa shape index (κ2) is 8.48. The standard InChI is InChI=1S/C14H20N2O2S/c1-2-3-10-18-12-6-4-11(5-7-12)14(17)16-9-8-13(15)19/h4-7H,2-3,8-10H2,1H3,(H2,15,19)(H,16,17). The molecular weight excluding hydrogens is 260 g/mol. The largest absolute Gasteiger partial charge is 0.494 e. The number of ether oxygens (including phenoxy) is 1. The Kier molecular flexibility index (Phi) is 6.89. The zero-order valence-corrected chi connectivity index (χ0v) is 12.0. The maximum absolute atomic E-state index is 11.8. The predicted molar refractivity (Wildman–Crippen MR) is 80.6 cm³/mol. The van der Waals surface area contributed by atoms with E-state index in [4.69, 9.17) is 22.7 Å². The van der Waals surface area contributed by atoms with Crippen LogP contribution in [0.1, 0.15) is 36.5 Å². The Bertz CT molecular complexity index is 418. The van der Waals surface area contributed by atoms with Gasteiger partial charge in [0.1, 0.15) is 5.75 Å². The number of rotatable bonds is 8. The van der Waals surface area contributed by atoms with Gasteiger partial charge in [-0.15, -0.1) is 0 Å². The first kappa shape index (κ1) is 15.4. The Morgan fingerprint density at radius 3 is 2.63 bits per heavy atom. The van der Waals surface area contributed by atoms with Crippen LogP contribution in [0.5, 0.6) is 5.75 Å². The molecule has 3 N–H and O–H groups in total. The van der Waals surface area contributed by atoms with Crippen molar-refractivity contribution in [2.45, 2.75) is 26.2 Å². The molecule has 19 heavy (non-hydrogen) atoms. The molecule has 0 fully saturated rings. The highest BCUT2D eigenvalue weighted by Gasteiger charge is 2.05. The number of nitrogens with two attached hydrogens (primary N) is 1. The van der Waals surface area contributed by atoms with Gasteiger partial charge in [0.05, 0.1) is 11.6 Å². The lowest BCUT2D eigenvalue weighted by Gasteiger charge is -2.07. The van der Waals surface area contributed by atoms with Gasteiger partial charge in [0.15, 0.2) is 0 Å². The van der Waals surface area contributed by atoms with Gasteiger partial charge in [0, 0.05) is 18.5 Å². The molecule has 0 heterocycles. The van der Waals surface area contributed by atoms with Crippen LogP contribution in [-0.4, -0.2) is 24.0 Å².